The largest absolute Gasteiger partial charge is 0.462 e. The van der Waals surface area contributed by atoms with E-state index in [4.69, 9.17) is 4.74 Å². The number of allylic oxidation sites excluding steroid dienone is 1. The Morgan fingerprint density at radius 1 is 1.05 bits per heavy atom. The van der Waals surface area contributed by atoms with Crippen molar-refractivity contribution in [2.45, 2.75) is 12.8 Å². The van der Waals surface area contributed by atoms with Crippen molar-refractivity contribution in [1.29, 1.82) is 0 Å². The molecule has 0 heterocycles. The molecule has 2 heteroatoms. The van der Waals surface area contributed by atoms with Gasteiger partial charge < -0.3 is 4.74 Å². The van der Waals surface area contributed by atoms with Crippen LogP contribution < -0.4 is 0 Å². The second-order valence-corrected chi connectivity index (χ2v) is 4.86. The molecule has 20 heavy (non-hydrogen) atoms. The molecule has 0 radical (unpaired) electrons. The summed E-state index contributed by atoms with van der Waals surface area (Å²) in [7, 11) is 0. The fourth-order valence-electron chi connectivity index (χ4n) is 2.79. The Morgan fingerprint density at radius 2 is 1.60 bits per heavy atom. The van der Waals surface area contributed by atoms with Crippen molar-refractivity contribution in [3.05, 3.63) is 71.8 Å². The zero-order chi connectivity index (χ0) is 13.9. The second kappa shape index (κ2) is 5.33. The third-order valence-corrected chi connectivity index (χ3v) is 3.66. The zero-order valence-corrected chi connectivity index (χ0v) is 11.4. The molecule has 1 aliphatic carbocycles. The number of hydrogen-bond donors (Lipinski definition) is 0. The van der Waals surface area contributed by atoms with Crippen LogP contribution in [-0.4, -0.2) is 12.6 Å². The van der Waals surface area contributed by atoms with Crippen LogP contribution in [0.15, 0.2) is 60.7 Å². The van der Waals surface area contributed by atoms with E-state index in [1.165, 1.54) is 28.3 Å². The average molecular weight is 264 g/mol. The van der Waals surface area contributed by atoms with Crippen LogP contribution in [-0.2, 0) is 9.53 Å². The Kier molecular flexibility index (Phi) is 3.38. The lowest BCUT2D eigenvalue weighted by Crippen LogP contribution is -2.10. The van der Waals surface area contributed by atoms with Gasteiger partial charge in [-0.1, -0.05) is 54.6 Å². The number of benzene rings is 2. The highest BCUT2D eigenvalue weighted by atomic mass is 16.5. The predicted octanol–water partition coefficient (Wildman–Crippen LogP) is 3.92. The van der Waals surface area contributed by atoms with Gasteiger partial charge in [-0.15, -0.1) is 0 Å². The molecule has 2 aromatic carbocycles. The van der Waals surface area contributed by atoms with E-state index in [0.29, 0.717) is 6.61 Å². The highest BCUT2D eigenvalue weighted by Crippen LogP contribution is 2.44. The van der Waals surface area contributed by atoms with Crippen LogP contribution in [0.1, 0.15) is 24.0 Å². The maximum atomic E-state index is 11.5. The van der Waals surface area contributed by atoms with Crippen LogP contribution in [0, 0.1) is 0 Å². The van der Waals surface area contributed by atoms with Gasteiger partial charge in [-0.2, -0.15) is 0 Å². The van der Waals surface area contributed by atoms with Gasteiger partial charge in [-0.3, -0.25) is 0 Å². The zero-order valence-electron chi connectivity index (χ0n) is 11.4. The van der Waals surface area contributed by atoms with Crippen molar-refractivity contribution in [2.75, 3.05) is 6.61 Å². The molecule has 2 aromatic rings. The van der Waals surface area contributed by atoms with Gasteiger partial charge in [0.15, 0.2) is 0 Å². The van der Waals surface area contributed by atoms with Gasteiger partial charge in [0.25, 0.3) is 0 Å². The van der Waals surface area contributed by atoms with Crippen molar-refractivity contribution < 1.29 is 9.53 Å². The average Bonchev–Trinajstić information content (AvgIpc) is 2.80. The molecule has 0 aliphatic heterocycles. The van der Waals surface area contributed by atoms with Crippen molar-refractivity contribution >= 4 is 5.97 Å². The summed E-state index contributed by atoms with van der Waals surface area (Å²) >= 11 is 0. The molecule has 0 atom stereocenters. The summed E-state index contributed by atoms with van der Waals surface area (Å²) in [5.41, 5.74) is 4.97. The molecule has 0 amide bonds. The molecule has 0 aromatic heterocycles. The Bertz CT molecular complexity index is 625. The molecular formula is C18H16O2. The van der Waals surface area contributed by atoms with E-state index in [0.717, 1.165) is 0 Å². The van der Waals surface area contributed by atoms with Gasteiger partial charge in [0.2, 0.25) is 0 Å². The smallest absolute Gasteiger partial charge is 0.330 e. The predicted molar refractivity (Wildman–Crippen MR) is 79.5 cm³/mol. The summed E-state index contributed by atoms with van der Waals surface area (Å²) in [6.45, 7) is 2.19. The topological polar surface area (TPSA) is 26.3 Å². The third-order valence-electron chi connectivity index (χ3n) is 3.66. The third kappa shape index (κ3) is 2.14. The molecule has 2 nitrogen and oxygen atoms in total. The number of carbonyl (C=O) groups excluding carboxylic acids is 1. The number of esters is 1. The van der Waals surface area contributed by atoms with E-state index in [1.807, 2.05) is 24.3 Å². The molecule has 0 fully saturated rings. The quantitative estimate of drug-likeness (QED) is 0.620. The van der Waals surface area contributed by atoms with Gasteiger partial charge in [-0.05, 0) is 29.2 Å². The molecular weight excluding hydrogens is 248 g/mol. The van der Waals surface area contributed by atoms with Crippen LogP contribution in [0.25, 0.3) is 11.1 Å². The van der Waals surface area contributed by atoms with Crippen LogP contribution in [0.5, 0.6) is 0 Å². The van der Waals surface area contributed by atoms with Gasteiger partial charge in [0.05, 0.1) is 0 Å². The molecule has 1 aliphatic rings. The molecule has 0 unspecified atom stereocenters. The van der Waals surface area contributed by atoms with Gasteiger partial charge >= 0.3 is 5.97 Å². The van der Waals surface area contributed by atoms with Crippen LogP contribution in [0.3, 0.4) is 0 Å². The lowest BCUT2D eigenvalue weighted by Gasteiger charge is -2.13. The highest BCUT2D eigenvalue weighted by Gasteiger charge is 2.28. The van der Waals surface area contributed by atoms with Crippen molar-refractivity contribution in [2.24, 2.45) is 0 Å². The number of fused-ring (bicyclic) bond motifs is 3. The van der Waals surface area contributed by atoms with Crippen LogP contribution in [0.2, 0.25) is 0 Å². The Hall–Kier alpha value is -2.35. The molecule has 0 N–H and O–H groups in total. The summed E-state index contributed by atoms with van der Waals surface area (Å²) < 4.78 is 5.35. The van der Waals surface area contributed by atoms with E-state index >= 15 is 0 Å². The summed E-state index contributed by atoms with van der Waals surface area (Å²) in [5, 5.41) is 0. The molecule has 0 saturated heterocycles. The summed E-state index contributed by atoms with van der Waals surface area (Å²) in [4.78, 5) is 11.5. The highest BCUT2D eigenvalue weighted by molar-refractivity contribution is 5.82. The molecule has 3 rings (SSSR count). The molecule has 0 bridgehead atoms. The minimum atomic E-state index is -0.283. The Morgan fingerprint density at radius 3 is 2.15 bits per heavy atom. The fourth-order valence-corrected chi connectivity index (χ4v) is 2.79. The first kappa shape index (κ1) is 12.7. The molecule has 0 spiro atoms. The maximum Gasteiger partial charge on any atom is 0.330 e. The SMILES string of the molecule is CC=CC(=O)OCC1c2ccccc2-c2ccccc21. The number of carbonyl (C=O) groups is 1. The van der Waals surface area contributed by atoms with E-state index in [1.54, 1.807) is 13.0 Å². The second-order valence-electron chi connectivity index (χ2n) is 4.86. The van der Waals surface area contributed by atoms with Gasteiger partial charge in [-0.25, -0.2) is 4.79 Å². The van der Waals surface area contributed by atoms with E-state index in [-0.39, 0.29) is 11.9 Å². The minimum Gasteiger partial charge on any atom is -0.462 e. The number of hydrogen-bond acceptors (Lipinski definition) is 2. The lowest BCUT2D eigenvalue weighted by molar-refractivity contribution is -0.138. The van der Waals surface area contributed by atoms with Gasteiger partial charge in [0.1, 0.15) is 6.61 Å². The first-order valence-electron chi connectivity index (χ1n) is 6.79. The lowest BCUT2D eigenvalue weighted by atomic mass is 9.98. The summed E-state index contributed by atoms with van der Waals surface area (Å²) in [5.74, 6) is -0.147. The van der Waals surface area contributed by atoms with E-state index in [9.17, 15) is 4.79 Å². The monoisotopic (exact) mass is 264 g/mol. The maximum absolute atomic E-state index is 11.5. The Balaban J connectivity index is 1.93. The summed E-state index contributed by atoms with van der Waals surface area (Å²) in [6, 6.07) is 16.6. The van der Waals surface area contributed by atoms with Crippen molar-refractivity contribution in [1.82, 2.24) is 0 Å². The van der Waals surface area contributed by atoms with E-state index < -0.39 is 0 Å². The van der Waals surface area contributed by atoms with Crippen molar-refractivity contribution in [3.8, 4) is 11.1 Å². The van der Waals surface area contributed by atoms with Crippen molar-refractivity contribution in [3.63, 3.8) is 0 Å². The Labute approximate surface area is 118 Å². The normalized spacial score (nSPS) is 13.2. The minimum absolute atomic E-state index is 0.136. The summed E-state index contributed by atoms with van der Waals surface area (Å²) in [6.07, 6.45) is 3.14. The standard InChI is InChI=1S/C18H16O2/c1-2-7-18(19)20-12-17-15-10-5-3-8-13(15)14-9-4-6-11-16(14)17/h2-11,17H,12H2,1H3. The fraction of sp³-hybridized carbons (Fsp3) is 0.167. The van der Waals surface area contributed by atoms with E-state index in [2.05, 4.69) is 24.3 Å². The molecule has 0 saturated carbocycles. The number of rotatable bonds is 3. The van der Waals surface area contributed by atoms with Gasteiger partial charge in [0, 0.05) is 12.0 Å². The molecule has 100 valence electrons. The first-order chi connectivity index (χ1) is 9.81. The van der Waals surface area contributed by atoms with Crippen LogP contribution >= 0.6 is 0 Å². The number of ether oxygens (including phenoxy) is 1. The van der Waals surface area contributed by atoms with Crippen LogP contribution in [0.4, 0.5) is 0 Å². The first-order valence-corrected chi connectivity index (χ1v) is 6.79.